The van der Waals surface area contributed by atoms with Crippen molar-refractivity contribution in [3.8, 4) is 11.5 Å². The second kappa shape index (κ2) is 8.00. The van der Waals surface area contributed by atoms with E-state index in [1.54, 1.807) is 0 Å². The van der Waals surface area contributed by atoms with Gasteiger partial charge in [-0.15, -0.1) is 10.2 Å². The van der Waals surface area contributed by atoms with Crippen molar-refractivity contribution in [2.75, 3.05) is 7.05 Å². The summed E-state index contributed by atoms with van der Waals surface area (Å²) < 4.78 is 69.8. The second-order valence-electron chi connectivity index (χ2n) is 6.00. The number of nitrogens with zero attached hydrogens (tertiary/aromatic N) is 6. The summed E-state index contributed by atoms with van der Waals surface area (Å²) in [6, 6.07) is 6.03. The van der Waals surface area contributed by atoms with Gasteiger partial charge in [0.05, 0.1) is 11.8 Å². The molecule has 0 spiro atoms. The van der Waals surface area contributed by atoms with Gasteiger partial charge < -0.3 is 4.42 Å². The van der Waals surface area contributed by atoms with E-state index in [0.29, 0.717) is 11.1 Å². The molecule has 0 radical (unpaired) electrons. The minimum Gasteiger partial charge on any atom is -0.415 e. The van der Waals surface area contributed by atoms with Crippen LogP contribution in [0.3, 0.4) is 0 Å². The van der Waals surface area contributed by atoms with E-state index in [1.807, 2.05) is 0 Å². The Labute approximate surface area is 165 Å². The van der Waals surface area contributed by atoms with E-state index in [9.17, 15) is 26.7 Å². The highest BCUT2D eigenvalue weighted by Gasteiger charge is 2.39. The number of hydrazone groups is 1. The Bertz CT molecular complexity index is 1070. The fraction of sp³-hybridized carbons (Fsp3) is 0.235. The lowest BCUT2D eigenvalue weighted by Crippen LogP contribution is -2.24. The van der Waals surface area contributed by atoms with Gasteiger partial charge in [0.15, 0.2) is 5.69 Å². The molecule has 1 aromatic carbocycles. The number of aryl methyl sites for hydroxylation is 1. The summed E-state index contributed by atoms with van der Waals surface area (Å²) in [5.41, 5.74) is -1.08. The van der Waals surface area contributed by atoms with Crippen LogP contribution in [0.2, 0.25) is 0 Å². The van der Waals surface area contributed by atoms with Crippen LogP contribution in [0.4, 0.5) is 22.0 Å². The number of benzene rings is 1. The molecule has 0 atom stereocenters. The van der Waals surface area contributed by atoms with Crippen molar-refractivity contribution < 1.29 is 31.2 Å². The summed E-state index contributed by atoms with van der Waals surface area (Å²) in [5.74, 6) is -1.89. The van der Waals surface area contributed by atoms with Crippen LogP contribution in [0.1, 0.15) is 33.9 Å². The number of rotatable bonds is 5. The molecule has 1 amide bonds. The summed E-state index contributed by atoms with van der Waals surface area (Å²) in [5, 5.41) is 14.6. The Morgan fingerprint density at radius 3 is 2.47 bits per heavy atom. The fourth-order valence-corrected chi connectivity index (χ4v) is 2.39. The van der Waals surface area contributed by atoms with Gasteiger partial charge in [0, 0.05) is 25.9 Å². The molecule has 0 saturated heterocycles. The van der Waals surface area contributed by atoms with Crippen LogP contribution in [0.15, 0.2) is 40.0 Å². The molecule has 3 aromatic rings. The van der Waals surface area contributed by atoms with E-state index in [2.05, 4.69) is 20.4 Å². The van der Waals surface area contributed by atoms with Crippen LogP contribution < -0.4 is 0 Å². The first-order valence-electron chi connectivity index (χ1n) is 8.21. The molecule has 0 saturated carbocycles. The minimum absolute atomic E-state index is 0.0997. The summed E-state index contributed by atoms with van der Waals surface area (Å²) >= 11 is 0. The normalized spacial score (nSPS) is 12.1. The number of halogens is 5. The third kappa shape index (κ3) is 4.50. The number of hydrogen-bond acceptors (Lipinski definition) is 6. The molecule has 0 unspecified atom stereocenters. The van der Waals surface area contributed by atoms with Crippen molar-refractivity contribution in [3.05, 3.63) is 53.2 Å². The maximum atomic E-state index is 13.0. The van der Waals surface area contributed by atoms with Gasteiger partial charge in [-0.05, 0) is 17.7 Å². The average molecular weight is 428 g/mol. The molecule has 13 heteroatoms. The SMILES string of the molecule is CN(/N=C/c1ccc(-c2nnc(C(F)F)o2)cc1)C(=O)c1cn(C)nc1C(F)(F)F. The zero-order valence-corrected chi connectivity index (χ0v) is 15.4. The monoisotopic (exact) mass is 428 g/mol. The Morgan fingerprint density at radius 2 is 1.90 bits per heavy atom. The van der Waals surface area contributed by atoms with Crippen molar-refractivity contribution >= 4 is 12.1 Å². The van der Waals surface area contributed by atoms with Crippen molar-refractivity contribution in [1.29, 1.82) is 0 Å². The first-order valence-corrected chi connectivity index (χ1v) is 8.21. The van der Waals surface area contributed by atoms with Gasteiger partial charge in [-0.2, -0.15) is 32.2 Å². The Hall–Kier alpha value is -3.64. The molecule has 30 heavy (non-hydrogen) atoms. The van der Waals surface area contributed by atoms with E-state index < -0.39 is 35.7 Å². The van der Waals surface area contributed by atoms with E-state index in [-0.39, 0.29) is 5.89 Å². The smallest absolute Gasteiger partial charge is 0.415 e. The van der Waals surface area contributed by atoms with Gasteiger partial charge in [-0.3, -0.25) is 9.48 Å². The predicted octanol–water partition coefficient (Wildman–Crippen LogP) is 3.53. The first-order chi connectivity index (χ1) is 14.1. The van der Waals surface area contributed by atoms with E-state index in [1.165, 1.54) is 44.6 Å². The fourth-order valence-electron chi connectivity index (χ4n) is 2.39. The van der Waals surface area contributed by atoms with Gasteiger partial charge in [-0.25, -0.2) is 5.01 Å². The lowest BCUT2D eigenvalue weighted by molar-refractivity contribution is -0.141. The summed E-state index contributed by atoms with van der Waals surface area (Å²) in [6.07, 6.45) is -5.47. The largest absolute Gasteiger partial charge is 0.435 e. The Morgan fingerprint density at radius 1 is 1.23 bits per heavy atom. The Kier molecular flexibility index (Phi) is 5.62. The summed E-state index contributed by atoms with van der Waals surface area (Å²) in [6.45, 7) is 0. The highest BCUT2D eigenvalue weighted by Crippen LogP contribution is 2.31. The molecule has 0 N–H and O–H groups in total. The maximum absolute atomic E-state index is 13.0. The average Bonchev–Trinajstić information content (AvgIpc) is 3.33. The molecule has 0 fully saturated rings. The van der Waals surface area contributed by atoms with Crippen molar-refractivity contribution in [2.24, 2.45) is 12.1 Å². The second-order valence-corrected chi connectivity index (χ2v) is 6.00. The van der Waals surface area contributed by atoms with Gasteiger partial charge in [-0.1, -0.05) is 12.1 Å². The molecule has 2 heterocycles. The van der Waals surface area contributed by atoms with Gasteiger partial charge in [0.2, 0.25) is 5.89 Å². The van der Waals surface area contributed by atoms with Crippen LogP contribution in [-0.2, 0) is 13.2 Å². The van der Waals surface area contributed by atoms with Crippen LogP contribution >= 0.6 is 0 Å². The first kappa shape index (κ1) is 21.1. The maximum Gasteiger partial charge on any atom is 0.435 e. The summed E-state index contributed by atoms with van der Waals surface area (Å²) in [7, 11) is 2.47. The topological polar surface area (TPSA) is 89.4 Å². The van der Waals surface area contributed by atoms with Crippen LogP contribution in [-0.4, -0.2) is 44.2 Å². The van der Waals surface area contributed by atoms with Crippen LogP contribution in [0.25, 0.3) is 11.5 Å². The van der Waals surface area contributed by atoms with E-state index >= 15 is 0 Å². The minimum atomic E-state index is -4.79. The van der Waals surface area contributed by atoms with E-state index in [4.69, 9.17) is 4.42 Å². The molecule has 0 aliphatic heterocycles. The zero-order valence-electron chi connectivity index (χ0n) is 15.4. The van der Waals surface area contributed by atoms with Crippen molar-refractivity contribution in [2.45, 2.75) is 12.6 Å². The molecule has 0 aliphatic carbocycles. The molecular weight excluding hydrogens is 415 g/mol. The van der Waals surface area contributed by atoms with Gasteiger partial charge >= 0.3 is 12.6 Å². The molecule has 158 valence electrons. The lowest BCUT2D eigenvalue weighted by Gasteiger charge is -2.11. The molecule has 0 bridgehead atoms. The molecule has 0 aliphatic rings. The van der Waals surface area contributed by atoms with Crippen molar-refractivity contribution in [1.82, 2.24) is 25.0 Å². The quantitative estimate of drug-likeness (QED) is 0.352. The third-order valence-electron chi connectivity index (χ3n) is 3.79. The number of aromatic nitrogens is 4. The standard InChI is InChI=1S/C17H13F5N6O2/c1-27-8-11(12(26-27)17(20,21)22)16(29)28(2)23-7-9-3-5-10(6-4-9)14-24-25-15(30-14)13(18)19/h3-8,13H,1-2H3/b23-7+. The number of carbonyl (C=O) groups is 1. The van der Waals surface area contributed by atoms with Crippen LogP contribution in [0, 0.1) is 0 Å². The third-order valence-corrected chi connectivity index (χ3v) is 3.79. The summed E-state index contributed by atoms with van der Waals surface area (Å²) in [4.78, 5) is 12.3. The number of hydrogen-bond donors (Lipinski definition) is 0. The lowest BCUT2D eigenvalue weighted by atomic mass is 10.1. The Balaban J connectivity index is 1.73. The van der Waals surface area contributed by atoms with Crippen molar-refractivity contribution in [3.63, 3.8) is 0 Å². The van der Waals surface area contributed by atoms with Gasteiger partial charge in [0.25, 0.3) is 11.8 Å². The zero-order chi connectivity index (χ0) is 22.1. The van der Waals surface area contributed by atoms with Crippen LogP contribution in [0.5, 0.6) is 0 Å². The highest BCUT2D eigenvalue weighted by atomic mass is 19.4. The predicted molar refractivity (Wildman–Crippen MR) is 92.6 cm³/mol. The molecular formula is C17H13F5N6O2. The van der Waals surface area contributed by atoms with Gasteiger partial charge in [0.1, 0.15) is 0 Å². The number of carbonyl (C=O) groups excluding carboxylic acids is 1. The number of alkyl halides is 5. The number of amides is 1. The van der Waals surface area contributed by atoms with E-state index in [0.717, 1.165) is 15.9 Å². The molecule has 3 rings (SSSR count). The molecule has 2 aromatic heterocycles. The molecule has 8 nitrogen and oxygen atoms in total. The highest BCUT2D eigenvalue weighted by molar-refractivity contribution is 5.95.